The highest BCUT2D eigenvalue weighted by molar-refractivity contribution is 7.89. The van der Waals surface area contributed by atoms with Crippen LogP contribution < -0.4 is 10.4 Å². The maximum absolute atomic E-state index is 12.4. The lowest BCUT2D eigenvalue weighted by Crippen LogP contribution is -2.30. The Kier molecular flexibility index (Phi) is 4.29. The Bertz CT molecular complexity index is 1050. The Morgan fingerprint density at radius 1 is 1.08 bits per heavy atom. The largest absolute Gasteiger partial charge is 0.326 e. The summed E-state index contributed by atoms with van der Waals surface area (Å²) in [6.45, 7) is 4.20. The summed E-state index contributed by atoms with van der Waals surface area (Å²) in [5, 5.41) is 0. The zero-order valence-electron chi connectivity index (χ0n) is 13.5. The standard InChI is InChI=1S/C17H19N3O3S/c1-12-7-8-14(11-13(12)2)24(22,23)18-9-10-20-16-6-4-3-5-15(16)19-17(20)21/h3-8,11,18H,9-10H2,1-2H3,(H,19,21). The number of rotatable bonds is 5. The number of imidazole rings is 1. The van der Waals surface area contributed by atoms with Crippen molar-refractivity contribution in [3.8, 4) is 0 Å². The first-order chi connectivity index (χ1) is 11.4. The summed E-state index contributed by atoms with van der Waals surface area (Å²) in [5.41, 5.74) is 3.21. The fourth-order valence-electron chi connectivity index (χ4n) is 2.59. The van der Waals surface area contributed by atoms with Gasteiger partial charge in [0.05, 0.1) is 15.9 Å². The van der Waals surface area contributed by atoms with Gasteiger partial charge < -0.3 is 4.98 Å². The third kappa shape index (κ3) is 3.13. The van der Waals surface area contributed by atoms with E-state index in [9.17, 15) is 13.2 Å². The van der Waals surface area contributed by atoms with E-state index in [1.54, 1.807) is 18.2 Å². The lowest BCUT2D eigenvalue weighted by molar-refractivity contribution is 0.572. The van der Waals surface area contributed by atoms with Gasteiger partial charge in [0.2, 0.25) is 10.0 Å². The smallest absolute Gasteiger partial charge is 0.306 e. The Labute approximate surface area is 140 Å². The number of aryl methyl sites for hydroxylation is 2. The molecular formula is C17H19N3O3S. The Balaban J connectivity index is 1.76. The van der Waals surface area contributed by atoms with Crippen LogP contribution in [0.3, 0.4) is 0 Å². The quantitative estimate of drug-likeness (QED) is 0.741. The molecule has 1 heterocycles. The molecule has 0 aliphatic rings. The van der Waals surface area contributed by atoms with E-state index in [1.807, 2.05) is 38.1 Å². The molecule has 3 rings (SSSR count). The van der Waals surface area contributed by atoms with E-state index >= 15 is 0 Å². The molecule has 0 aliphatic heterocycles. The molecule has 0 amide bonds. The van der Waals surface area contributed by atoms with Crippen molar-refractivity contribution in [3.05, 3.63) is 64.1 Å². The summed E-state index contributed by atoms with van der Waals surface area (Å²) in [5.74, 6) is 0. The van der Waals surface area contributed by atoms with Crippen LogP contribution in [0, 0.1) is 13.8 Å². The number of aromatic amines is 1. The molecule has 0 radical (unpaired) electrons. The minimum absolute atomic E-state index is 0.136. The zero-order chi connectivity index (χ0) is 17.3. The van der Waals surface area contributed by atoms with Crippen LogP contribution in [0.2, 0.25) is 0 Å². The highest BCUT2D eigenvalue weighted by Crippen LogP contribution is 2.14. The topological polar surface area (TPSA) is 84.0 Å². The monoisotopic (exact) mass is 345 g/mol. The van der Waals surface area contributed by atoms with Gasteiger partial charge in [-0.1, -0.05) is 18.2 Å². The summed E-state index contributed by atoms with van der Waals surface area (Å²) in [4.78, 5) is 15.0. The molecular weight excluding hydrogens is 326 g/mol. The molecule has 0 atom stereocenters. The summed E-state index contributed by atoms with van der Waals surface area (Å²) in [7, 11) is -3.59. The third-order valence-electron chi connectivity index (χ3n) is 4.10. The van der Waals surface area contributed by atoms with Gasteiger partial charge in [0.1, 0.15) is 0 Å². The lowest BCUT2D eigenvalue weighted by Gasteiger charge is -2.09. The second-order valence-electron chi connectivity index (χ2n) is 5.74. The van der Waals surface area contributed by atoms with E-state index in [0.29, 0.717) is 0 Å². The SMILES string of the molecule is Cc1ccc(S(=O)(=O)NCCn2c(=O)[nH]c3ccccc32)cc1C. The van der Waals surface area contributed by atoms with Crippen molar-refractivity contribution in [1.29, 1.82) is 0 Å². The van der Waals surface area contributed by atoms with Crippen molar-refractivity contribution in [3.63, 3.8) is 0 Å². The van der Waals surface area contributed by atoms with Crippen molar-refractivity contribution >= 4 is 21.1 Å². The lowest BCUT2D eigenvalue weighted by atomic mass is 10.1. The first kappa shape index (κ1) is 16.5. The minimum atomic E-state index is -3.59. The molecule has 0 bridgehead atoms. The average Bonchev–Trinajstić information content (AvgIpc) is 2.86. The molecule has 2 N–H and O–H groups in total. The number of benzene rings is 2. The summed E-state index contributed by atoms with van der Waals surface area (Å²) >= 11 is 0. The van der Waals surface area contributed by atoms with Crippen molar-refractivity contribution < 1.29 is 8.42 Å². The highest BCUT2D eigenvalue weighted by atomic mass is 32.2. The van der Waals surface area contributed by atoms with Gasteiger partial charge in [-0.2, -0.15) is 0 Å². The number of hydrogen-bond acceptors (Lipinski definition) is 3. The van der Waals surface area contributed by atoms with Crippen LogP contribution in [0.1, 0.15) is 11.1 Å². The summed E-state index contributed by atoms with van der Waals surface area (Å²) < 4.78 is 28.8. The molecule has 0 spiro atoms. The van der Waals surface area contributed by atoms with Gasteiger partial charge in [-0.15, -0.1) is 0 Å². The van der Waals surface area contributed by atoms with Gasteiger partial charge in [-0.05, 0) is 49.2 Å². The maximum Gasteiger partial charge on any atom is 0.326 e. The van der Waals surface area contributed by atoms with Crippen molar-refractivity contribution in [2.24, 2.45) is 0 Å². The number of aromatic nitrogens is 2. The van der Waals surface area contributed by atoms with Gasteiger partial charge in [0, 0.05) is 13.1 Å². The van der Waals surface area contributed by atoms with Gasteiger partial charge in [-0.25, -0.2) is 17.9 Å². The third-order valence-corrected chi connectivity index (χ3v) is 5.56. The van der Waals surface area contributed by atoms with Crippen LogP contribution in [-0.2, 0) is 16.6 Å². The van der Waals surface area contributed by atoms with Gasteiger partial charge in [0.15, 0.2) is 0 Å². The van der Waals surface area contributed by atoms with E-state index in [1.165, 1.54) is 4.57 Å². The van der Waals surface area contributed by atoms with Crippen molar-refractivity contribution in [2.45, 2.75) is 25.3 Å². The van der Waals surface area contributed by atoms with Gasteiger partial charge >= 0.3 is 5.69 Å². The number of nitrogens with one attached hydrogen (secondary N) is 2. The molecule has 126 valence electrons. The van der Waals surface area contributed by atoms with Crippen LogP contribution in [0.15, 0.2) is 52.2 Å². The molecule has 24 heavy (non-hydrogen) atoms. The Morgan fingerprint density at radius 2 is 1.83 bits per heavy atom. The fourth-order valence-corrected chi connectivity index (χ4v) is 3.69. The van der Waals surface area contributed by atoms with Crippen LogP contribution in [0.25, 0.3) is 11.0 Å². The minimum Gasteiger partial charge on any atom is -0.306 e. The fraction of sp³-hybridized carbons (Fsp3) is 0.235. The second-order valence-corrected chi connectivity index (χ2v) is 7.51. The first-order valence-corrected chi connectivity index (χ1v) is 9.11. The molecule has 2 aromatic carbocycles. The molecule has 0 aliphatic carbocycles. The van der Waals surface area contributed by atoms with Gasteiger partial charge in [-0.3, -0.25) is 4.57 Å². The zero-order valence-corrected chi connectivity index (χ0v) is 14.4. The van der Waals surface area contributed by atoms with E-state index in [0.717, 1.165) is 22.2 Å². The van der Waals surface area contributed by atoms with Crippen LogP contribution in [-0.4, -0.2) is 24.5 Å². The highest BCUT2D eigenvalue weighted by Gasteiger charge is 2.14. The number of nitrogens with zero attached hydrogens (tertiary/aromatic N) is 1. The van der Waals surface area contributed by atoms with Crippen molar-refractivity contribution in [1.82, 2.24) is 14.3 Å². The molecule has 0 saturated carbocycles. The number of sulfonamides is 1. The van der Waals surface area contributed by atoms with Crippen LogP contribution in [0.4, 0.5) is 0 Å². The van der Waals surface area contributed by atoms with Crippen LogP contribution in [0.5, 0.6) is 0 Å². The maximum atomic E-state index is 12.4. The summed E-state index contributed by atoms with van der Waals surface area (Å²) in [6.07, 6.45) is 0. The number of para-hydroxylation sites is 2. The molecule has 7 heteroatoms. The number of H-pyrrole nitrogens is 1. The van der Waals surface area contributed by atoms with E-state index in [-0.39, 0.29) is 23.7 Å². The Morgan fingerprint density at radius 3 is 2.58 bits per heavy atom. The number of fused-ring (bicyclic) bond motifs is 1. The van der Waals surface area contributed by atoms with Crippen molar-refractivity contribution in [2.75, 3.05) is 6.54 Å². The predicted octanol–water partition coefficient (Wildman–Crippen LogP) is 1.92. The van der Waals surface area contributed by atoms with E-state index in [2.05, 4.69) is 9.71 Å². The summed E-state index contributed by atoms with van der Waals surface area (Å²) in [6, 6.07) is 12.3. The first-order valence-electron chi connectivity index (χ1n) is 7.63. The molecule has 6 nitrogen and oxygen atoms in total. The number of hydrogen-bond donors (Lipinski definition) is 2. The normalized spacial score (nSPS) is 11.9. The molecule has 0 unspecified atom stereocenters. The molecule has 3 aromatic rings. The second kappa shape index (κ2) is 6.26. The van der Waals surface area contributed by atoms with E-state index < -0.39 is 10.0 Å². The van der Waals surface area contributed by atoms with Gasteiger partial charge in [0.25, 0.3) is 0 Å². The molecule has 0 fully saturated rings. The molecule has 0 saturated heterocycles. The predicted molar refractivity (Wildman–Crippen MR) is 93.7 cm³/mol. The molecule has 1 aromatic heterocycles. The Hall–Kier alpha value is -2.38. The van der Waals surface area contributed by atoms with Crippen LogP contribution >= 0.6 is 0 Å². The van der Waals surface area contributed by atoms with E-state index in [4.69, 9.17) is 0 Å². The average molecular weight is 345 g/mol.